The Balaban J connectivity index is 1.40. The molecule has 2 aromatic rings. The Morgan fingerprint density at radius 2 is 1.65 bits per heavy atom. The Kier molecular flexibility index (Phi) is 5.85. The van der Waals surface area contributed by atoms with Crippen LogP contribution in [0.2, 0.25) is 0 Å². The van der Waals surface area contributed by atoms with Gasteiger partial charge >= 0.3 is 0 Å². The van der Waals surface area contributed by atoms with Crippen molar-refractivity contribution in [2.45, 2.75) is 19.0 Å². The minimum absolute atomic E-state index is 0.0622. The fourth-order valence-corrected chi connectivity index (χ4v) is 4.38. The van der Waals surface area contributed by atoms with Gasteiger partial charge in [-0.05, 0) is 23.6 Å². The molecule has 0 bridgehead atoms. The van der Waals surface area contributed by atoms with E-state index in [2.05, 4.69) is 0 Å². The molecule has 1 unspecified atom stereocenters. The van der Waals surface area contributed by atoms with E-state index in [0.29, 0.717) is 44.8 Å². The van der Waals surface area contributed by atoms with E-state index in [1.807, 2.05) is 34.1 Å². The van der Waals surface area contributed by atoms with E-state index in [-0.39, 0.29) is 23.1 Å². The number of nitro groups is 1. The third-order valence-electron chi connectivity index (χ3n) is 6.06. The van der Waals surface area contributed by atoms with Gasteiger partial charge in [0, 0.05) is 38.8 Å². The highest BCUT2D eigenvalue weighted by atomic mass is 16.6. The molecular weight excluding hydrogens is 398 g/mol. The summed E-state index contributed by atoms with van der Waals surface area (Å²) in [5, 5.41) is 11.3. The first-order valence-corrected chi connectivity index (χ1v) is 10.3. The number of nitro benzene ring substituents is 1. The molecule has 0 aliphatic carbocycles. The number of fused-ring (bicyclic) bond motifs is 1. The highest BCUT2D eigenvalue weighted by Crippen LogP contribution is 2.28. The van der Waals surface area contributed by atoms with E-state index >= 15 is 0 Å². The van der Waals surface area contributed by atoms with Gasteiger partial charge in [-0.1, -0.05) is 36.4 Å². The van der Waals surface area contributed by atoms with Crippen LogP contribution in [0, 0.1) is 10.1 Å². The number of anilines is 1. The van der Waals surface area contributed by atoms with Gasteiger partial charge < -0.3 is 15.5 Å². The molecule has 0 radical (unpaired) electrons. The van der Waals surface area contributed by atoms with Crippen molar-refractivity contribution in [1.82, 2.24) is 9.80 Å². The SMILES string of the molecule is NC(=O)C1Cc2ccccc2CN1CC(=O)N1CCN(c2ccccc2[N+](=O)[O-])CC1. The largest absolute Gasteiger partial charge is 0.368 e. The Morgan fingerprint density at radius 3 is 2.32 bits per heavy atom. The zero-order valence-corrected chi connectivity index (χ0v) is 17.1. The van der Waals surface area contributed by atoms with Gasteiger partial charge in [-0.15, -0.1) is 0 Å². The third-order valence-corrected chi connectivity index (χ3v) is 6.06. The first-order valence-electron chi connectivity index (χ1n) is 10.3. The maximum absolute atomic E-state index is 13.0. The van der Waals surface area contributed by atoms with Gasteiger partial charge in [-0.25, -0.2) is 0 Å². The molecule has 2 heterocycles. The lowest BCUT2D eigenvalue weighted by Gasteiger charge is -2.39. The van der Waals surface area contributed by atoms with E-state index in [9.17, 15) is 19.7 Å². The fourth-order valence-electron chi connectivity index (χ4n) is 4.38. The summed E-state index contributed by atoms with van der Waals surface area (Å²) < 4.78 is 0. The smallest absolute Gasteiger partial charge is 0.292 e. The summed E-state index contributed by atoms with van der Waals surface area (Å²) in [6.45, 7) is 2.59. The van der Waals surface area contributed by atoms with Crippen LogP contribution in [0.5, 0.6) is 0 Å². The van der Waals surface area contributed by atoms with Crippen molar-refractivity contribution >= 4 is 23.2 Å². The molecule has 0 spiro atoms. The first kappa shape index (κ1) is 20.8. The number of nitrogens with zero attached hydrogens (tertiary/aromatic N) is 4. The number of benzene rings is 2. The predicted octanol–water partition coefficient (Wildman–Crippen LogP) is 1.16. The van der Waals surface area contributed by atoms with Crippen LogP contribution in [0.3, 0.4) is 0 Å². The molecule has 2 amide bonds. The summed E-state index contributed by atoms with van der Waals surface area (Å²) in [6.07, 6.45) is 0.504. The Labute approximate surface area is 180 Å². The van der Waals surface area contributed by atoms with Gasteiger partial charge in [-0.3, -0.25) is 24.6 Å². The number of carbonyl (C=O) groups excluding carboxylic acids is 2. The third kappa shape index (κ3) is 4.36. The molecule has 31 heavy (non-hydrogen) atoms. The second-order valence-electron chi connectivity index (χ2n) is 7.91. The normalized spacial score (nSPS) is 19.0. The molecule has 1 atom stereocenters. The van der Waals surface area contributed by atoms with Crippen molar-refractivity contribution in [2.24, 2.45) is 5.73 Å². The molecule has 2 aliphatic heterocycles. The predicted molar refractivity (Wildman–Crippen MR) is 115 cm³/mol. The van der Waals surface area contributed by atoms with Crippen LogP contribution < -0.4 is 10.6 Å². The molecule has 2 aromatic carbocycles. The van der Waals surface area contributed by atoms with Gasteiger partial charge in [0.25, 0.3) is 5.69 Å². The molecule has 9 nitrogen and oxygen atoms in total. The van der Waals surface area contributed by atoms with Gasteiger partial charge in [0.1, 0.15) is 5.69 Å². The van der Waals surface area contributed by atoms with Crippen molar-refractivity contribution in [2.75, 3.05) is 37.6 Å². The molecule has 2 N–H and O–H groups in total. The monoisotopic (exact) mass is 423 g/mol. The number of carbonyl (C=O) groups is 2. The maximum Gasteiger partial charge on any atom is 0.292 e. The summed E-state index contributed by atoms with van der Waals surface area (Å²) in [5.41, 5.74) is 8.46. The van der Waals surface area contributed by atoms with Crippen LogP contribution in [0.1, 0.15) is 11.1 Å². The number of hydrogen-bond donors (Lipinski definition) is 1. The average Bonchev–Trinajstić information content (AvgIpc) is 2.78. The molecule has 0 aromatic heterocycles. The zero-order chi connectivity index (χ0) is 22.0. The number of rotatable bonds is 5. The minimum Gasteiger partial charge on any atom is -0.368 e. The van der Waals surface area contributed by atoms with Crippen molar-refractivity contribution in [3.63, 3.8) is 0 Å². The molecule has 4 rings (SSSR count). The number of para-hydroxylation sites is 2. The summed E-state index contributed by atoms with van der Waals surface area (Å²) in [7, 11) is 0. The van der Waals surface area contributed by atoms with Crippen LogP contribution >= 0.6 is 0 Å². The summed E-state index contributed by atoms with van der Waals surface area (Å²) in [5.74, 6) is -0.489. The lowest BCUT2D eigenvalue weighted by molar-refractivity contribution is -0.384. The lowest BCUT2D eigenvalue weighted by Crippen LogP contribution is -2.55. The number of amides is 2. The van der Waals surface area contributed by atoms with E-state index < -0.39 is 11.9 Å². The first-order chi connectivity index (χ1) is 14.9. The van der Waals surface area contributed by atoms with Gasteiger partial charge in [0.2, 0.25) is 11.8 Å². The Hall–Kier alpha value is -3.46. The van der Waals surface area contributed by atoms with E-state index in [0.717, 1.165) is 11.1 Å². The van der Waals surface area contributed by atoms with Crippen molar-refractivity contribution in [3.05, 3.63) is 69.8 Å². The number of hydrogen-bond acceptors (Lipinski definition) is 6. The standard InChI is InChI=1S/C22H25N5O4/c23-22(29)20-13-16-5-1-2-6-17(16)14-26(20)15-21(28)25-11-9-24(10-12-25)18-7-3-4-8-19(18)27(30)31/h1-8,20H,9-15H2,(H2,23,29). The molecule has 1 saturated heterocycles. The maximum atomic E-state index is 13.0. The highest BCUT2D eigenvalue weighted by molar-refractivity contribution is 5.83. The number of primary amides is 1. The van der Waals surface area contributed by atoms with Crippen LogP contribution in [0.25, 0.3) is 0 Å². The number of piperazine rings is 1. The minimum atomic E-state index is -0.507. The second-order valence-corrected chi connectivity index (χ2v) is 7.91. The van der Waals surface area contributed by atoms with Crippen molar-refractivity contribution < 1.29 is 14.5 Å². The lowest BCUT2D eigenvalue weighted by atomic mass is 9.93. The van der Waals surface area contributed by atoms with Crippen molar-refractivity contribution in [1.29, 1.82) is 0 Å². The fraction of sp³-hybridized carbons (Fsp3) is 0.364. The number of nitrogens with two attached hydrogens (primary N) is 1. The molecule has 0 saturated carbocycles. The molecular formula is C22H25N5O4. The van der Waals surface area contributed by atoms with Gasteiger partial charge in [0.15, 0.2) is 0 Å². The van der Waals surface area contributed by atoms with E-state index in [1.54, 1.807) is 23.1 Å². The molecule has 9 heteroatoms. The molecule has 1 fully saturated rings. The second kappa shape index (κ2) is 8.73. The van der Waals surface area contributed by atoms with Crippen LogP contribution in [0.4, 0.5) is 11.4 Å². The van der Waals surface area contributed by atoms with E-state index in [4.69, 9.17) is 5.73 Å². The molecule has 2 aliphatic rings. The van der Waals surface area contributed by atoms with Crippen LogP contribution in [-0.4, -0.2) is 65.3 Å². The quantitative estimate of drug-likeness (QED) is 0.570. The van der Waals surface area contributed by atoms with Crippen molar-refractivity contribution in [3.8, 4) is 0 Å². The Morgan fingerprint density at radius 1 is 1.00 bits per heavy atom. The van der Waals surface area contributed by atoms with E-state index in [1.165, 1.54) is 6.07 Å². The van der Waals surface area contributed by atoms with Crippen LogP contribution in [0.15, 0.2) is 48.5 Å². The summed E-state index contributed by atoms with van der Waals surface area (Å²) >= 11 is 0. The zero-order valence-electron chi connectivity index (χ0n) is 17.1. The summed E-state index contributed by atoms with van der Waals surface area (Å²) in [4.78, 5) is 41.4. The Bertz CT molecular complexity index is 1000. The van der Waals surface area contributed by atoms with Gasteiger partial charge in [0.05, 0.1) is 17.5 Å². The summed E-state index contributed by atoms with van der Waals surface area (Å²) in [6, 6.07) is 14.0. The topological polar surface area (TPSA) is 113 Å². The molecule has 162 valence electrons. The van der Waals surface area contributed by atoms with Crippen LogP contribution in [-0.2, 0) is 22.6 Å². The van der Waals surface area contributed by atoms with Gasteiger partial charge in [-0.2, -0.15) is 0 Å². The average molecular weight is 423 g/mol. The highest BCUT2D eigenvalue weighted by Gasteiger charge is 2.33.